The molecule has 0 N–H and O–H groups in total. The van der Waals surface area contributed by atoms with Crippen LogP contribution in [0.3, 0.4) is 0 Å². The Kier molecular flexibility index (Phi) is 5.25. The van der Waals surface area contributed by atoms with Crippen molar-refractivity contribution in [2.45, 2.75) is 19.4 Å². The van der Waals surface area contributed by atoms with E-state index in [9.17, 15) is 0 Å². The highest BCUT2D eigenvalue weighted by Gasteiger charge is 2.18. The van der Waals surface area contributed by atoms with Gasteiger partial charge in [0.2, 0.25) is 11.7 Å². The van der Waals surface area contributed by atoms with Crippen LogP contribution in [0.4, 0.5) is 0 Å². The SMILES string of the molecule is C[C@@H](c1ccccc1)c1nc(-c2ccc3c(c2)nnn3CCN2CCOCC2)no1. The summed E-state index contributed by atoms with van der Waals surface area (Å²) in [6.45, 7) is 7.35. The van der Waals surface area contributed by atoms with Crippen molar-refractivity contribution in [3.63, 3.8) is 0 Å². The van der Waals surface area contributed by atoms with E-state index in [1.807, 2.05) is 41.1 Å². The van der Waals surface area contributed by atoms with Gasteiger partial charge in [-0.05, 0) is 30.7 Å². The second-order valence-corrected chi connectivity index (χ2v) is 7.56. The minimum absolute atomic E-state index is 0.0391. The van der Waals surface area contributed by atoms with Crippen LogP contribution in [0.1, 0.15) is 24.3 Å². The first-order valence-electron chi connectivity index (χ1n) is 10.3. The van der Waals surface area contributed by atoms with Crippen LogP contribution >= 0.6 is 0 Å². The van der Waals surface area contributed by atoms with Gasteiger partial charge >= 0.3 is 0 Å². The lowest BCUT2D eigenvalue weighted by molar-refractivity contribution is 0.0360. The van der Waals surface area contributed by atoms with Gasteiger partial charge in [0.25, 0.3) is 0 Å². The minimum Gasteiger partial charge on any atom is -0.379 e. The molecule has 0 radical (unpaired) electrons. The molecule has 2 aromatic heterocycles. The third kappa shape index (κ3) is 3.83. The lowest BCUT2D eigenvalue weighted by Gasteiger charge is -2.26. The molecule has 1 fully saturated rings. The fourth-order valence-electron chi connectivity index (χ4n) is 3.75. The molecule has 8 heteroatoms. The molecule has 4 aromatic rings. The Morgan fingerprint density at radius 1 is 1.03 bits per heavy atom. The molecule has 1 aliphatic heterocycles. The molecule has 0 bridgehead atoms. The van der Waals surface area contributed by atoms with E-state index >= 15 is 0 Å². The number of fused-ring (bicyclic) bond motifs is 1. The van der Waals surface area contributed by atoms with Gasteiger partial charge in [-0.1, -0.05) is 40.7 Å². The molecular formula is C22H24N6O2. The largest absolute Gasteiger partial charge is 0.379 e. The van der Waals surface area contributed by atoms with Gasteiger partial charge in [-0.15, -0.1) is 5.10 Å². The lowest BCUT2D eigenvalue weighted by Crippen LogP contribution is -2.38. The number of rotatable bonds is 6. The van der Waals surface area contributed by atoms with Crippen molar-refractivity contribution in [1.29, 1.82) is 0 Å². The molecular weight excluding hydrogens is 380 g/mol. The summed E-state index contributed by atoms with van der Waals surface area (Å²) in [4.78, 5) is 7.01. The summed E-state index contributed by atoms with van der Waals surface area (Å²) < 4.78 is 12.9. The summed E-state index contributed by atoms with van der Waals surface area (Å²) >= 11 is 0. The number of ether oxygens (including phenoxy) is 1. The molecule has 0 saturated carbocycles. The lowest BCUT2D eigenvalue weighted by atomic mass is 10.0. The van der Waals surface area contributed by atoms with E-state index in [0.29, 0.717) is 11.7 Å². The molecule has 2 aromatic carbocycles. The van der Waals surface area contributed by atoms with Crippen molar-refractivity contribution in [2.75, 3.05) is 32.8 Å². The zero-order valence-electron chi connectivity index (χ0n) is 16.9. The first kappa shape index (κ1) is 18.9. The van der Waals surface area contributed by atoms with Gasteiger partial charge in [0.05, 0.1) is 31.2 Å². The Hall–Kier alpha value is -3.10. The van der Waals surface area contributed by atoms with Gasteiger partial charge in [0.1, 0.15) is 5.52 Å². The molecule has 0 unspecified atom stereocenters. The Bertz CT molecular complexity index is 1120. The molecule has 0 spiro atoms. The standard InChI is InChI=1S/C22H24N6O2/c1-16(17-5-3-2-4-6-17)22-23-21(25-30-22)18-7-8-20-19(15-18)24-26-28(20)10-9-27-11-13-29-14-12-27/h2-8,15-16H,9-14H2,1H3/t16-/m0/s1. The summed E-state index contributed by atoms with van der Waals surface area (Å²) in [5, 5.41) is 12.9. The molecule has 5 rings (SSSR count). The van der Waals surface area contributed by atoms with Crippen LogP contribution < -0.4 is 0 Å². The maximum absolute atomic E-state index is 5.54. The number of hydrogen-bond donors (Lipinski definition) is 0. The molecule has 8 nitrogen and oxygen atoms in total. The van der Waals surface area contributed by atoms with E-state index < -0.39 is 0 Å². The van der Waals surface area contributed by atoms with Gasteiger partial charge < -0.3 is 9.26 Å². The average molecular weight is 404 g/mol. The normalized spacial score (nSPS) is 16.2. The summed E-state index contributed by atoms with van der Waals surface area (Å²) in [7, 11) is 0. The van der Waals surface area contributed by atoms with E-state index in [4.69, 9.17) is 9.26 Å². The van der Waals surface area contributed by atoms with E-state index in [0.717, 1.165) is 61.6 Å². The van der Waals surface area contributed by atoms with Gasteiger partial charge in [-0.2, -0.15) is 4.98 Å². The summed E-state index contributed by atoms with van der Waals surface area (Å²) in [6, 6.07) is 16.2. The Balaban J connectivity index is 1.33. The Morgan fingerprint density at radius 2 is 1.87 bits per heavy atom. The molecule has 30 heavy (non-hydrogen) atoms. The van der Waals surface area contributed by atoms with Crippen LogP contribution in [0.5, 0.6) is 0 Å². The topological polar surface area (TPSA) is 82.1 Å². The summed E-state index contributed by atoms with van der Waals surface area (Å²) in [5.41, 5.74) is 3.86. The highest BCUT2D eigenvalue weighted by molar-refractivity contribution is 5.79. The number of benzene rings is 2. The van der Waals surface area contributed by atoms with Crippen LogP contribution in [0.2, 0.25) is 0 Å². The van der Waals surface area contributed by atoms with E-state index in [2.05, 4.69) is 44.4 Å². The zero-order chi connectivity index (χ0) is 20.3. The van der Waals surface area contributed by atoms with Gasteiger partial charge in [-0.3, -0.25) is 4.90 Å². The monoisotopic (exact) mass is 404 g/mol. The minimum atomic E-state index is 0.0391. The average Bonchev–Trinajstić information content (AvgIpc) is 3.45. The molecule has 0 aliphatic carbocycles. The molecule has 1 aliphatic rings. The third-order valence-corrected chi connectivity index (χ3v) is 5.62. The number of hydrogen-bond acceptors (Lipinski definition) is 7. The van der Waals surface area contributed by atoms with Crippen LogP contribution in [0.25, 0.3) is 22.4 Å². The van der Waals surface area contributed by atoms with E-state index in [1.54, 1.807) is 0 Å². The maximum atomic E-state index is 5.54. The third-order valence-electron chi connectivity index (χ3n) is 5.62. The van der Waals surface area contributed by atoms with Crippen molar-refractivity contribution in [2.24, 2.45) is 0 Å². The zero-order valence-corrected chi connectivity index (χ0v) is 16.9. The van der Waals surface area contributed by atoms with Gasteiger partial charge in [0, 0.05) is 25.2 Å². The number of nitrogens with zero attached hydrogens (tertiary/aromatic N) is 6. The molecule has 3 heterocycles. The van der Waals surface area contributed by atoms with E-state index in [1.165, 1.54) is 0 Å². The van der Waals surface area contributed by atoms with Gasteiger partial charge in [-0.25, -0.2) is 4.68 Å². The van der Waals surface area contributed by atoms with Crippen LogP contribution in [0, 0.1) is 0 Å². The van der Waals surface area contributed by atoms with Gasteiger partial charge in [0.15, 0.2) is 0 Å². The van der Waals surface area contributed by atoms with Crippen molar-refractivity contribution >= 4 is 11.0 Å². The predicted molar refractivity (Wildman–Crippen MR) is 112 cm³/mol. The second kappa shape index (κ2) is 8.33. The van der Waals surface area contributed by atoms with Crippen molar-refractivity contribution in [3.05, 3.63) is 60.0 Å². The fourth-order valence-corrected chi connectivity index (χ4v) is 3.75. The summed E-state index contributed by atoms with van der Waals surface area (Å²) in [5.74, 6) is 1.21. The number of morpholine rings is 1. The Labute approximate surface area is 174 Å². The highest BCUT2D eigenvalue weighted by atomic mass is 16.5. The van der Waals surface area contributed by atoms with Crippen molar-refractivity contribution in [1.82, 2.24) is 30.0 Å². The smallest absolute Gasteiger partial charge is 0.234 e. The first-order valence-corrected chi connectivity index (χ1v) is 10.3. The fraction of sp³-hybridized carbons (Fsp3) is 0.364. The maximum Gasteiger partial charge on any atom is 0.234 e. The first-order chi connectivity index (χ1) is 14.8. The van der Waals surface area contributed by atoms with Crippen LogP contribution in [-0.4, -0.2) is 62.9 Å². The quantitative estimate of drug-likeness (QED) is 0.489. The Morgan fingerprint density at radius 3 is 2.70 bits per heavy atom. The molecule has 1 atom stereocenters. The van der Waals surface area contributed by atoms with E-state index in [-0.39, 0.29) is 5.92 Å². The molecule has 1 saturated heterocycles. The number of aromatic nitrogens is 5. The van der Waals surface area contributed by atoms with Crippen molar-refractivity contribution in [3.8, 4) is 11.4 Å². The van der Waals surface area contributed by atoms with Crippen LogP contribution in [0.15, 0.2) is 53.1 Å². The van der Waals surface area contributed by atoms with Crippen LogP contribution in [-0.2, 0) is 11.3 Å². The van der Waals surface area contributed by atoms with Crippen molar-refractivity contribution < 1.29 is 9.26 Å². The second-order valence-electron chi connectivity index (χ2n) is 7.56. The predicted octanol–water partition coefficient (Wildman–Crippen LogP) is 2.97. The highest BCUT2D eigenvalue weighted by Crippen LogP contribution is 2.26. The summed E-state index contributed by atoms with van der Waals surface area (Å²) in [6.07, 6.45) is 0. The molecule has 0 amide bonds. The molecule has 154 valence electrons.